The fourth-order valence-corrected chi connectivity index (χ4v) is 3.50. The fraction of sp³-hybridized carbons (Fsp3) is 0.929. The zero-order valence-corrected chi connectivity index (χ0v) is 12.3. The van der Waals surface area contributed by atoms with Crippen LogP contribution in [0, 0.1) is 17.3 Å². The second-order valence-corrected chi connectivity index (χ2v) is 6.52. The molecule has 2 rings (SSSR count). The number of nitrogens with one attached hydrogen (secondary N) is 1. The lowest BCUT2D eigenvalue weighted by Crippen LogP contribution is -2.59. The van der Waals surface area contributed by atoms with E-state index in [4.69, 9.17) is 0 Å². The van der Waals surface area contributed by atoms with Gasteiger partial charge in [0.15, 0.2) is 5.41 Å². The lowest BCUT2D eigenvalue weighted by Gasteiger charge is -2.45. The molecule has 116 valence electrons. The number of likely N-dealkylation sites (tertiary alicyclic amines) is 1. The summed E-state index contributed by atoms with van der Waals surface area (Å²) in [4.78, 5) is 14.1. The Hall–Kier alpha value is -0.780. The van der Waals surface area contributed by atoms with Crippen LogP contribution in [0.2, 0.25) is 0 Å². The molecular weight excluding hydrogens is 269 g/mol. The SMILES string of the molecule is CC1CC(C)C(C)N(C(=O)C2(C(F)(F)F)CCNC2)C1. The lowest BCUT2D eigenvalue weighted by molar-refractivity contribution is -0.224. The topological polar surface area (TPSA) is 32.3 Å². The maximum Gasteiger partial charge on any atom is 0.404 e. The van der Waals surface area contributed by atoms with Crippen molar-refractivity contribution >= 4 is 5.91 Å². The molecule has 0 bridgehead atoms. The second-order valence-electron chi connectivity index (χ2n) is 6.52. The Bertz CT molecular complexity index is 377. The summed E-state index contributed by atoms with van der Waals surface area (Å²) in [5.41, 5.74) is -2.22. The number of halogens is 3. The number of carbonyl (C=O) groups excluding carboxylic acids is 1. The van der Waals surface area contributed by atoms with Gasteiger partial charge in [0.2, 0.25) is 5.91 Å². The number of rotatable bonds is 1. The largest absolute Gasteiger partial charge is 0.404 e. The van der Waals surface area contributed by atoms with Crippen LogP contribution in [0.5, 0.6) is 0 Å². The molecule has 1 amide bonds. The highest BCUT2D eigenvalue weighted by Crippen LogP contribution is 2.45. The molecule has 0 aromatic carbocycles. The van der Waals surface area contributed by atoms with E-state index in [-0.39, 0.29) is 37.4 Å². The number of hydrogen-bond acceptors (Lipinski definition) is 2. The van der Waals surface area contributed by atoms with Gasteiger partial charge >= 0.3 is 6.18 Å². The molecule has 0 aromatic rings. The number of alkyl halides is 3. The first kappa shape index (κ1) is 15.6. The summed E-state index contributed by atoms with van der Waals surface area (Å²) in [5.74, 6) is -0.243. The van der Waals surface area contributed by atoms with Crippen molar-refractivity contribution in [1.29, 1.82) is 0 Å². The molecule has 4 unspecified atom stereocenters. The van der Waals surface area contributed by atoms with Crippen LogP contribution in [0.25, 0.3) is 0 Å². The standard InChI is InChI=1S/C14H23F3N2O/c1-9-6-10(2)11(3)19(7-9)12(20)13(14(15,16)17)4-5-18-8-13/h9-11,18H,4-8H2,1-3H3. The van der Waals surface area contributed by atoms with Gasteiger partial charge in [-0.15, -0.1) is 0 Å². The van der Waals surface area contributed by atoms with Crippen LogP contribution in [0.4, 0.5) is 13.2 Å². The minimum Gasteiger partial charge on any atom is -0.339 e. The van der Waals surface area contributed by atoms with Gasteiger partial charge in [-0.25, -0.2) is 0 Å². The van der Waals surface area contributed by atoms with E-state index < -0.39 is 17.5 Å². The summed E-state index contributed by atoms with van der Waals surface area (Å²) in [6.45, 7) is 6.26. The summed E-state index contributed by atoms with van der Waals surface area (Å²) in [6.07, 6.45) is -3.68. The van der Waals surface area contributed by atoms with Gasteiger partial charge in [-0.05, 0) is 38.1 Å². The third kappa shape index (κ3) is 2.43. The molecule has 4 atom stereocenters. The van der Waals surface area contributed by atoms with E-state index >= 15 is 0 Å². The number of carbonyl (C=O) groups is 1. The normalized spacial score (nSPS) is 39.1. The maximum absolute atomic E-state index is 13.5. The molecule has 2 heterocycles. The third-order valence-electron chi connectivity index (χ3n) is 4.97. The summed E-state index contributed by atoms with van der Waals surface area (Å²) in [7, 11) is 0. The Labute approximate surface area is 117 Å². The van der Waals surface area contributed by atoms with Gasteiger partial charge in [-0.1, -0.05) is 13.8 Å². The molecule has 2 aliphatic heterocycles. The highest BCUT2D eigenvalue weighted by Gasteiger charge is 2.63. The smallest absolute Gasteiger partial charge is 0.339 e. The molecule has 20 heavy (non-hydrogen) atoms. The molecule has 0 aromatic heterocycles. The molecule has 0 spiro atoms. The van der Waals surface area contributed by atoms with Gasteiger partial charge in [-0.3, -0.25) is 4.79 Å². The van der Waals surface area contributed by atoms with Crippen molar-refractivity contribution in [2.24, 2.45) is 17.3 Å². The summed E-state index contributed by atoms with van der Waals surface area (Å²) in [6, 6.07) is -0.126. The highest BCUT2D eigenvalue weighted by molar-refractivity contribution is 5.84. The molecule has 6 heteroatoms. The van der Waals surface area contributed by atoms with E-state index in [1.165, 1.54) is 4.90 Å². The lowest BCUT2D eigenvalue weighted by atomic mass is 9.80. The number of nitrogens with zero attached hydrogens (tertiary/aromatic N) is 1. The Morgan fingerprint density at radius 1 is 1.30 bits per heavy atom. The summed E-state index contributed by atoms with van der Waals surface area (Å²) >= 11 is 0. The van der Waals surface area contributed by atoms with E-state index in [1.54, 1.807) is 0 Å². The summed E-state index contributed by atoms with van der Waals surface area (Å²) in [5, 5.41) is 2.71. The van der Waals surface area contributed by atoms with Crippen molar-refractivity contribution < 1.29 is 18.0 Å². The summed E-state index contributed by atoms with van der Waals surface area (Å²) < 4.78 is 40.4. The predicted octanol–water partition coefficient (Wildman–Crippen LogP) is 2.42. The molecule has 2 fully saturated rings. The quantitative estimate of drug-likeness (QED) is 0.805. The molecule has 0 aliphatic carbocycles. The van der Waals surface area contributed by atoms with Gasteiger partial charge in [-0.2, -0.15) is 13.2 Å². The third-order valence-corrected chi connectivity index (χ3v) is 4.97. The van der Waals surface area contributed by atoms with Crippen LogP contribution in [-0.2, 0) is 4.79 Å². The first-order valence-corrected chi connectivity index (χ1v) is 7.27. The van der Waals surface area contributed by atoms with Crippen molar-refractivity contribution in [2.75, 3.05) is 19.6 Å². The Morgan fingerprint density at radius 3 is 2.45 bits per heavy atom. The van der Waals surface area contributed by atoms with Gasteiger partial charge in [0.05, 0.1) is 0 Å². The van der Waals surface area contributed by atoms with Crippen molar-refractivity contribution in [2.45, 2.75) is 45.8 Å². The Kier molecular flexibility index (Phi) is 4.06. The molecular formula is C14H23F3N2O. The Balaban J connectivity index is 2.28. The molecule has 1 N–H and O–H groups in total. The number of piperidine rings is 1. The van der Waals surface area contributed by atoms with Gasteiger partial charge in [0.1, 0.15) is 0 Å². The van der Waals surface area contributed by atoms with E-state index in [0.29, 0.717) is 6.54 Å². The Morgan fingerprint density at radius 2 is 1.95 bits per heavy atom. The molecule has 2 saturated heterocycles. The van der Waals surface area contributed by atoms with Crippen molar-refractivity contribution in [1.82, 2.24) is 10.2 Å². The van der Waals surface area contributed by atoms with E-state index in [9.17, 15) is 18.0 Å². The van der Waals surface area contributed by atoms with E-state index in [1.807, 2.05) is 20.8 Å². The van der Waals surface area contributed by atoms with E-state index in [2.05, 4.69) is 5.32 Å². The van der Waals surface area contributed by atoms with Crippen LogP contribution in [-0.4, -0.2) is 42.7 Å². The second kappa shape index (κ2) is 5.20. The minimum atomic E-state index is -4.49. The van der Waals surface area contributed by atoms with Gasteiger partial charge < -0.3 is 10.2 Å². The average molecular weight is 292 g/mol. The van der Waals surface area contributed by atoms with E-state index in [0.717, 1.165) is 6.42 Å². The predicted molar refractivity (Wildman–Crippen MR) is 70.1 cm³/mol. The first-order chi connectivity index (χ1) is 9.19. The van der Waals surface area contributed by atoms with Crippen LogP contribution in [0.3, 0.4) is 0 Å². The molecule has 0 saturated carbocycles. The molecule has 2 aliphatic rings. The molecule has 3 nitrogen and oxygen atoms in total. The maximum atomic E-state index is 13.5. The zero-order valence-electron chi connectivity index (χ0n) is 12.3. The van der Waals surface area contributed by atoms with Crippen LogP contribution >= 0.6 is 0 Å². The van der Waals surface area contributed by atoms with Gasteiger partial charge in [0.25, 0.3) is 0 Å². The van der Waals surface area contributed by atoms with Crippen LogP contribution < -0.4 is 5.32 Å². The van der Waals surface area contributed by atoms with Crippen molar-refractivity contribution in [3.05, 3.63) is 0 Å². The van der Waals surface area contributed by atoms with Crippen LogP contribution in [0.1, 0.15) is 33.6 Å². The average Bonchev–Trinajstić information content (AvgIpc) is 2.82. The van der Waals surface area contributed by atoms with Crippen molar-refractivity contribution in [3.63, 3.8) is 0 Å². The highest BCUT2D eigenvalue weighted by atomic mass is 19.4. The fourth-order valence-electron chi connectivity index (χ4n) is 3.50. The monoisotopic (exact) mass is 292 g/mol. The number of hydrogen-bond donors (Lipinski definition) is 1. The van der Waals surface area contributed by atoms with Crippen LogP contribution in [0.15, 0.2) is 0 Å². The van der Waals surface area contributed by atoms with Crippen molar-refractivity contribution in [3.8, 4) is 0 Å². The molecule has 0 radical (unpaired) electrons. The van der Waals surface area contributed by atoms with Gasteiger partial charge in [0, 0.05) is 19.1 Å². The minimum absolute atomic E-state index is 0.126. The number of amides is 1. The zero-order chi connectivity index (χ0) is 15.1. The first-order valence-electron chi connectivity index (χ1n) is 7.27.